The number of benzene rings is 1. The fourth-order valence-corrected chi connectivity index (χ4v) is 2.78. The van der Waals surface area contributed by atoms with Crippen LogP contribution in [0.3, 0.4) is 0 Å². The van der Waals surface area contributed by atoms with E-state index in [1.54, 1.807) is 0 Å². The van der Waals surface area contributed by atoms with E-state index >= 15 is 0 Å². The van der Waals surface area contributed by atoms with Crippen molar-refractivity contribution in [3.63, 3.8) is 0 Å². The molecule has 0 saturated heterocycles. The molecule has 0 unspecified atom stereocenters. The van der Waals surface area contributed by atoms with Gasteiger partial charge in [0.05, 0.1) is 5.52 Å². The molecule has 1 heterocycles. The van der Waals surface area contributed by atoms with Crippen LogP contribution in [0.15, 0.2) is 24.4 Å². The Morgan fingerprint density at radius 2 is 2.12 bits per heavy atom. The van der Waals surface area contributed by atoms with Gasteiger partial charge in [-0.1, -0.05) is 25.1 Å². The molecule has 0 saturated carbocycles. The molecule has 0 atom stereocenters. The number of hydrogen-bond donors (Lipinski definition) is 1. The molecule has 2 aromatic rings. The zero-order valence-corrected chi connectivity index (χ0v) is 10.7. The Hall–Kier alpha value is -0.930. The normalized spacial score (nSPS) is 11.2. The van der Waals surface area contributed by atoms with Crippen LogP contribution in [0, 0.1) is 0 Å². The number of nitrogens with two attached hydrogens (primary N) is 1. The number of hydrogen-bond acceptors (Lipinski definition) is 2. The van der Waals surface area contributed by atoms with Crippen LogP contribution in [0.2, 0.25) is 0 Å². The summed E-state index contributed by atoms with van der Waals surface area (Å²) in [5, 5.41) is 1.35. The minimum Gasteiger partial charge on any atom is -0.350 e. The predicted octanol–water partition coefficient (Wildman–Crippen LogP) is 2.89. The fourth-order valence-electron chi connectivity index (χ4n) is 2.13. The quantitative estimate of drug-likeness (QED) is 0.882. The van der Waals surface area contributed by atoms with Gasteiger partial charge in [-0.05, 0) is 16.9 Å². The molecule has 0 spiro atoms. The van der Waals surface area contributed by atoms with Gasteiger partial charge in [-0.3, -0.25) is 0 Å². The van der Waals surface area contributed by atoms with E-state index in [2.05, 4.69) is 42.9 Å². The highest BCUT2D eigenvalue weighted by Gasteiger charge is 2.08. The van der Waals surface area contributed by atoms with E-state index in [9.17, 15) is 0 Å². The predicted molar refractivity (Wildman–Crippen MR) is 72.6 cm³/mol. The summed E-state index contributed by atoms with van der Waals surface area (Å²) >= 11 is 1.96. The third-order valence-corrected chi connectivity index (χ3v) is 3.77. The first kappa shape index (κ1) is 11.6. The summed E-state index contributed by atoms with van der Waals surface area (Å²) in [6.07, 6.45) is 2.23. The SMILES string of the molecule is CCSCc1cn(C)c2c(CN)cccc12. The van der Waals surface area contributed by atoms with Crippen molar-refractivity contribution in [2.75, 3.05) is 5.75 Å². The van der Waals surface area contributed by atoms with Crippen LogP contribution in [-0.2, 0) is 19.3 Å². The second-order valence-electron chi connectivity index (χ2n) is 3.92. The van der Waals surface area contributed by atoms with Crippen molar-refractivity contribution in [3.05, 3.63) is 35.5 Å². The Bertz CT molecular complexity index is 488. The molecule has 2 N–H and O–H groups in total. The van der Waals surface area contributed by atoms with Gasteiger partial charge in [-0.15, -0.1) is 0 Å². The number of aromatic nitrogens is 1. The van der Waals surface area contributed by atoms with Crippen molar-refractivity contribution < 1.29 is 0 Å². The highest BCUT2D eigenvalue weighted by atomic mass is 32.2. The lowest BCUT2D eigenvalue weighted by Gasteiger charge is -2.03. The van der Waals surface area contributed by atoms with Crippen LogP contribution in [0.5, 0.6) is 0 Å². The third-order valence-electron chi connectivity index (χ3n) is 2.85. The van der Waals surface area contributed by atoms with Crippen molar-refractivity contribution in [1.82, 2.24) is 4.57 Å². The molecule has 0 amide bonds. The van der Waals surface area contributed by atoms with Crippen LogP contribution in [0.25, 0.3) is 10.9 Å². The number of thioether (sulfide) groups is 1. The summed E-state index contributed by atoms with van der Waals surface area (Å²) in [5.41, 5.74) is 9.71. The van der Waals surface area contributed by atoms with Crippen LogP contribution >= 0.6 is 11.8 Å². The molecule has 1 aromatic heterocycles. The molecule has 16 heavy (non-hydrogen) atoms. The van der Waals surface area contributed by atoms with Crippen molar-refractivity contribution in [1.29, 1.82) is 0 Å². The molecule has 2 nitrogen and oxygen atoms in total. The smallest absolute Gasteiger partial charge is 0.0526 e. The first-order valence-corrected chi connectivity index (χ1v) is 6.77. The van der Waals surface area contributed by atoms with Gasteiger partial charge in [0.2, 0.25) is 0 Å². The molecule has 0 fully saturated rings. The Kier molecular flexibility index (Phi) is 3.56. The Morgan fingerprint density at radius 3 is 2.81 bits per heavy atom. The molecule has 0 radical (unpaired) electrons. The average molecular weight is 234 g/mol. The summed E-state index contributed by atoms with van der Waals surface area (Å²) < 4.78 is 2.20. The first-order valence-electron chi connectivity index (χ1n) is 5.61. The second kappa shape index (κ2) is 4.93. The number of rotatable bonds is 4. The van der Waals surface area contributed by atoms with Crippen molar-refractivity contribution >= 4 is 22.7 Å². The van der Waals surface area contributed by atoms with E-state index < -0.39 is 0 Å². The molecule has 0 aliphatic rings. The van der Waals surface area contributed by atoms with Crippen LogP contribution in [-0.4, -0.2) is 10.3 Å². The molecule has 0 aliphatic heterocycles. The standard InChI is InChI=1S/C13H18N2S/c1-3-16-9-11-8-15(2)13-10(7-14)5-4-6-12(11)13/h4-6,8H,3,7,9,14H2,1-2H3. The fraction of sp³-hybridized carbons (Fsp3) is 0.385. The van der Waals surface area contributed by atoms with Crippen LogP contribution in [0.4, 0.5) is 0 Å². The number of aryl methyl sites for hydroxylation is 1. The van der Waals surface area contributed by atoms with E-state index in [0.29, 0.717) is 6.54 Å². The van der Waals surface area contributed by atoms with E-state index in [1.807, 2.05) is 11.8 Å². The van der Waals surface area contributed by atoms with Gasteiger partial charge in [0.1, 0.15) is 0 Å². The van der Waals surface area contributed by atoms with Gasteiger partial charge in [0.25, 0.3) is 0 Å². The van der Waals surface area contributed by atoms with Gasteiger partial charge < -0.3 is 10.3 Å². The Balaban J connectivity index is 2.53. The molecule has 2 rings (SSSR count). The third kappa shape index (κ3) is 1.97. The average Bonchev–Trinajstić information content (AvgIpc) is 2.64. The summed E-state index contributed by atoms with van der Waals surface area (Å²) in [4.78, 5) is 0. The number of para-hydroxylation sites is 1. The minimum absolute atomic E-state index is 0.607. The lowest BCUT2D eigenvalue weighted by atomic mass is 10.1. The van der Waals surface area contributed by atoms with Gasteiger partial charge in [-0.25, -0.2) is 0 Å². The summed E-state index contributed by atoms with van der Waals surface area (Å²) in [7, 11) is 2.10. The largest absolute Gasteiger partial charge is 0.350 e. The monoisotopic (exact) mass is 234 g/mol. The Morgan fingerprint density at radius 1 is 1.31 bits per heavy atom. The lowest BCUT2D eigenvalue weighted by Crippen LogP contribution is -1.99. The first-order chi connectivity index (χ1) is 7.77. The van der Waals surface area contributed by atoms with Gasteiger partial charge in [0, 0.05) is 30.9 Å². The van der Waals surface area contributed by atoms with E-state index in [-0.39, 0.29) is 0 Å². The summed E-state index contributed by atoms with van der Waals surface area (Å²) in [5.74, 6) is 2.24. The minimum atomic E-state index is 0.607. The maximum absolute atomic E-state index is 5.78. The van der Waals surface area contributed by atoms with Crippen molar-refractivity contribution in [2.45, 2.75) is 19.2 Å². The molecule has 86 valence electrons. The topological polar surface area (TPSA) is 30.9 Å². The van der Waals surface area contributed by atoms with E-state index in [0.717, 1.165) is 11.5 Å². The zero-order chi connectivity index (χ0) is 11.5. The molecular weight excluding hydrogens is 216 g/mol. The molecule has 3 heteroatoms. The maximum Gasteiger partial charge on any atom is 0.0526 e. The zero-order valence-electron chi connectivity index (χ0n) is 9.86. The molecule has 0 bridgehead atoms. The molecular formula is C13H18N2S. The number of fused-ring (bicyclic) bond motifs is 1. The van der Waals surface area contributed by atoms with Gasteiger partial charge in [0.15, 0.2) is 0 Å². The van der Waals surface area contributed by atoms with Crippen LogP contribution < -0.4 is 5.73 Å². The van der Waals surface area contributed by atoms with Gasteiger partial charge >= 0.3 is 0 Å². The van der Waals surface area contributed by atoms with Gasteiger partial charge in [-0.2, -0.15) is 11.8 Å². The lowest BCUT2D eigenvalue weighted by molar-refractivity contribution is 0.945. The van der Waals surface area contributed by atoms with Crippen molar-refractivity contribution in [3.8, 4) is 0 Å². The summed E-state index contributed by atoms with van der Waals surface area (Å²) in [6, 6.07) is 6.41. The second-order valence-corrected chi connectivity index (χ2v) is 5.19. The van der Waals surface area contributed by atoms with Crippen LogP contribution in [0.1, 0.15) is 18.1 Å². The number of nitrogens with zero attached hydrogens (tertiary/aromatic N) is 1. The molecule has 0 aliphatic carbocycles. The Labute approximate surface area is 101 Å². The highest BCUT2D eigenvalue weighted by molar-refractivity contribution is 7.98. The molecule has 1 aromatic carbocycles. The van der Waals surface area contributed by atoms with E-state index in [4.69, 9.17) is 5.73 Å². The maximum atomic E-state index is 5.78. The van der Waals surface area contributed by atoms with Crippen molar-refractivity contribution in [2.24, 2.45) is 12.8 Å². The van der Waals surface area contributed by atoms with E-state index in [1.165, 1.54) is 22.0 Å². The summed E-state index contributed by atoms with van der Waals surface area (Å²) in [6.45, 7) is 2.80. The highest BCUT2D eigenvalue weighted by Crippen LogP contribution is 2.26.